The van der Waals surface area contributed by atoms with E-state index in [0.29, 0.717) is 23.9 Å². The molecule has 0 spiro atoms. The number of nitrogens with zero attached hydrogens (tertiary/aromatic N) is 2. The number of rotatable bonds is 11. The molecule has 3 aromatic rings. The van der Waals surface area contributed by atoms with Gasteiger partial charge in [0.05, 0.1) is 0 Å². The third kappa shape index (κ3) is 6.63. The molecule has 1 aromatic carbocycles. The highest BCUT2D eigenvalue weighted by Gasteiger charge is 2.23. The maximum Gasteiger partial charge on any atom is 0.326 e. The number of benzene rings is 1. The zero-order valence-electron chi connectivity index (χ0n) is 19.4. The van der Waals surface area contributed by atoms with E-state index in [1.165, 1.54) is 5.56 Å². The Kier molecular flexibility index (Phi) is 8.04. The van der Waals surface area contributed by atoms with Crippen LogP contribution < -0.4 is 16.0 Å². The minimum Gasteiger partial charge on any atom is -0.480 e. The maximum atomic E-state index is 12.4. The van der Waals surface area contributed by atoms with Gasteiger partial charge >= 0.3 is 11.9 Å². The van der Waals surface area contributed by atoms with E-state index >= 15 is 0 Å². The summed E-state index contributed by atoms with van der Waals surface area (Å²) in [4.78, 5) is 44.9. The fraction of sp³-hybridized carbons (Fsp3) is 0.400. The van der Waals surface area contributed by atoms with Crippen molar-refractivity contribution in [1.29, 1.82) is 0 Å². The standard InChI is InChI=1S/C25H29N5O5/c31-22(8-4-1-5-17-10-9-16-15-26-13-11-18(16)28-17)27-14-12-20(25(33)34)29-23(32)24-30-19-6-2-3-7-21(19)35-24/h2-3,6-7,9-10,20,26H,1,4-5,8,11-15H2,(H,27,31)(H,29,32)(H,33,34). The molecule has 0 radical (unpaired) electrons. The Balaban J connectivity index is 1.16. The second kappa shape index (κ2) is 11.6. The molecule has 2 amide bonds. The number of carbonyl (C=O) groups excluding carboxylic acids is 2. The lowest BCUT2D eigenvalue weighted by Crippen LogP contribution is -2.43. The number of fused-ring (bicyclic) bond motifs is 2. The zero-order valence-corrected chi connectivity index (χ0v) is 19.4. The molecular formula is C25H29N5O5. The van der Waals surface area contributed by atoms with Gasteiger partial charge in [-0.2, -0.15) is 0 Å². The number of unbranched alkanes of at least 4 members (excludes halogenated alkanes) is 1. The number of oxazole rings is 1. The van der Waals surface area contributed by atoms with Crippen LogP contribution in [0.5, 0.6) is 0 Å². The number of pyridine rings is 1. The normalized spacial score (nSPS) is 13.7. The summed E-state index contributed by atoms with van der Waals surface area (Å²) in [7, 11) is 0. The predicted octanol–water partition coefficient (Wildman–Crippen LogP) is 1.97. The van der Waals surface area contributed by atoms with Gasteiger partial charge in [-0.05, 0) is 49.4 Å². The van der Waals surface area contributed by atoms with Crippen LogP contribution in [0.1, 0.15) is 53.3 Å². The Morgan fingerprint density at radius 2 is 1.97 bits per heavy atom. The summed E-state index contributed by atoms with van der Waals surface area (Å²) in [6.45, 7) is 1.95. The van der Waals surface area contributed by atoms with Crippen LogP contribution in [-0.4, -0.2) is 52.0 Å². The number of aryl methyl sites for hydroxylation is 1. The summed E-state index contributed by atoms with van der Waals surface area (Å²) in [5, 5.41) is 17.9. The predicted molar refractivity (Wildman–Crippen MR) is 128 cm³/mol. The van der Waals surface area contributed by atoms with E-state index in [1.807, 2.05) is 6.07 Å². The molecule has 3 heterocycles. The van der Waals surface area contributed by atoms with E-state index in [-0.39, 0.29) is 24.8 Å². The number of hydrogen-bond donors (Lipinski definition) is 4. The summed E-state index contributed by atoms with van der Waals surface area (Å²) in [5.74, 6) is -2.26. The van der Waals surface area contributed by atoms with Gasteiger partial charge in [0.2, 0.25) is 5.91 Å². The zero-order chi connectivity index (χ0) is 24.6. The molecule has 1 unspecified atom stereocenters. The van der Waals surface area contributed by atoms with Crippen LogP contribution >= 0.6 is 0 Å². The first kappa shape index (κ1) is 24.3. The number of carbonyl (C=O) groups is 3. The first-order chi connectivity index (χ1) is 17.0. The first-order valence-corrected chi connectivity index (χ1v) is 11.8. The Hall–Kier alpha value is -3.79. The van der Waals surface area contributed by atoms with Gasteiger partial charge in [0, 0.05) is 43.9 Å². The van der Waals surface area contributed by atoms with E-state index in [9.17, 15) is 19.5 Å². The number of carboxylic acid groups (broad SMARTS) is 1. The fourth-order valence-corrected chi connectivity index (χ4v) is 4.00. The lowest BCUT2D eigenvalue weighted by atomic mass is 10.0. The third-order valence-corrected chi connectivity index (χ3v) is 5.91. The summed E-state index contributed by atoms with van der Waals surface area (Å²) < 4.78 is 5.37. The van der Waals surface area contributed by atoms with Crippen LogP contribution in [0, 0.1) is 0 Å². The van der Waals surface area contributed by atoms with E-state index in [0.717, 1.165) is 43.7 Å². The van der Waals surface area contributed by atoms with Crippen molar-refractivity contribution in [2.45, 2.75) is 51.1 Å². The van der Waals surface area contributed by atoms with Crippen LogP contribution in [0.25, 0.3) is 11.1 Å². The first-order valence-electron chi connectivity index (χ1n) is 11.8. The quantitative estimate of drug-likeness (QED) is 0.305. The molecule has 4 N–H and O–H groups in total. The summed E-state index contributed by atoms with van der Waals surface area (Å²) in [6, 6.07) is 9.87. The highest BCUT2D eigenvalue weighted by molar-refractivity contribution is 5.94. The molecule has 184 valence electrons. The molecule has 1 atom stereocenters. The number of hydrogen-bond acceptors (Lipinski definition) is 7. The molecule has 1 aliphatic rings. The largest absolute Gasteiger partial charge is 0.480 e. The average molecular weight is 480 g/mol. The number of para-hydroxylation sites is 2. The van der Waals surface area contributed by atoms with Crippen LogP contribution in [0.15, 0.2) is 40.8 Å². The Morgan fingerprint density at radius 1 is 1.11 bits per heavy atom. The molecule has 10 heteroatoms. The van der Waals surface area contributed by atoms with Crippen molar-refractivity contribution in [1.82, 2.24) is 25.9 Å². The number of aliphatic carboxylic acids is 1. The Morgan fingerprint density at radius 3 is 2.80 bits per heavy atom. The molecule has 4 rings (SSSR count). The minimum absolute atomic E-state index is 0.0426. The monoisotopic (exact) mass is 479 g/mol. The van der Waals surface area contributed by atoms with Gasteiger partial charge in [0.15, 0.2) is 5.58 Å². The molecule has 0 saturated carbocycles. The van der Waals surface area contributed by atoms with Gasteiger partial charge in [0.1, 0.15) is 11.6 Å². The van der Waals surface area contributed by atoms with Crippen molar-refractivity contribution in [3.8, 4) is 0 Å². The molecule has 0 saturated heterocycles. The van der Waals surface area contributed by atoms with Crippen LogP contribution in [-0.2, 0) is 29.0 Å². The van der Waals surface area contributed by atoms with Crippen LogP contribution in [0.2, 0.25) is 0 Å². The summed E-state index contributed by atoms with van der Waals surface area (Å²) in [5.41, 5.74) is 4.41. The van der Waals surface area contributed by atoms with E-state index in [4.69, 9.17) is 9.40 Å². The topological polar surface area (TPSA) is 146 Å². The number of amides is 2. The molecule has 2 aromatic heterocycles. The maximum absolute atomic E-state index is 12.4. The molecule has 35 heavy (non-hydrogen) atoms. The summed E-state index contributed by atoms with van der Waals surface area (Å²) >= 11 is 0. The molecule has 0 aliphatic carbocycles. The van der Waals surface area contributed by atoms with Gasteiger partial charge in [-0.1, -0.05) is 18.2 Å². The molecule has 0 fully saturated rings. The lowest BCUT2D eigenvalue weighted by molar-refractivity contribution is -0.139. The van der Waals surface area contributed by atoms with Crippen LogP contribution in [0.3, 0.4) is 0 Å². The second-order valence-corrected chi connectivity index (χ2v) is 8.53. The summed E-state index contributed by atoms with van der Waals surface area (Å²) in [6.07, 6.45) is 3.70. The average Bonchev–Trinajstić information content (AvgIpc) is 3.30. The number of carboxylic acids is 1. The number of nitrogens with one attached hydrogen (secondary N) is 3. The molecule has 1 aliphatic heterocycles. The fourth-order valence-electron chi connectivity index (χ4n) is 4.00. The minimum atomic E-state index is -1.20. The Bertz CT molecular complexity index is 1170. The molecule has 0 bridgehead atoms. The van der Waals surface area contributed by atoms with Crippen molar-refractivity contribution in [3.63, 3.8) is 0 Å². The van der Waals surface area contributed by atoms with E-state index in [2.05, 4.69) is 27.0 Å². The Labute approximate surface area is 202 Å². The molecular weight excluding hydrogens is 450 g/mol. The van der Waals surface area contributed by atoms with Gasteiger partial charge < -0.3 is 25.5 Å². The van der Waals surface area contributed by atoms with E-state index in [1.54, 1.807) is 24.3 Å². The van der Waals surface area contributed by atoms with Crippen molar-refractivity contribution >= 4 is 28.9 Å². The third-order valence-electron chi connectivity index (χ3n) is 5.91. The van der Waals surface area contributed by atoms with Gasteiger partial charge in [-0.15, -0.1) is 0 Å². The SMILES string of the molecule is O=C(CCCCc1ccc2c(n1)CCNC2)NCCC(NC(=O)c1nc2ccccc2o1)C(=O)O. The van der Waals surface area contributed by atoms with Crippen LogP contribution in [0.4, 0.5) is 0 Å². The molecule has 10 nitrogen and oxygen atoms in total. The van der Waals surface area contributed by atoms with Gasteiger partial charge in [-0.3, -0.25) is 14.6 Å². The van der Waals surface area contributed by atoms with Gasteiger partial charge in [-0.25, -0.2) is 9.78 Å². The smallest absolute Gasteiger partial charge is 0.326 e. The van der Waals surface area contributed by atoms with Crippen molar-refractivity contribution in [3.05, 3.63) is 59.2 Å². The van der Waals surface area contributed by atoms with Gasteiger partial charge in [0.25, 0.3) is 5.89 Å². The van der Waals surface area contributed by atoms with Crippen molar-refractivity contribution in [2.24, 2.45) is 0 Å². The van der Waals surface area contributed by atoms with Crippen molar-refractivity contribution < 1.29 is 23.9 Å². The second-order valence-electron chi connectivity index (χ2n) is 8.53. The lowest BCUT2D eigenvalue weighted by Gasteiger charge is -2.16. The number of aromatic nitrogens is 2. The highest BCUT2D eigenvalue weighted by Crippen LogP contribution is 2.15. The highest BCUT2D eigenvalue weighted by atomic mass is 16.4. The van der Waals surface area contributed by atoms with Crippen molar-refractivity contribution in [2.75, 3.05) is 13.1 Å². The van der Waals surface area contributed by atoms with E-state index < -0.39 is 17.9 Å².